The summed E-state index contributed by atoms with van der Waals surface area (Å²) in [6.07, 6.45) is 0. The van der Waals surface area contributed by atoms with Gasteiger partial charge in [0.05, 0.1) is 17.3 Å². The van der Waals surface area contributed by atoms with Crippen LogP contribution in [0.15, 0.2) is 60.7 Å². The van der Waals surface area contributed by atoms with Gasteiger partial charge in [-0.2, -0.15) is 0 Å². The van der Waals surface area contributed by atoms with Crippen LogP contribution >= 0.6 is 34.8 Å². The van der Waals surface area contributed by atoms with Crippen LogP contribution < -0.4 is 14.8 Å². The number of para-hydroxylation sites is 1. The second-order valence-electron chi connectivity index (χ2n) is 6.04. The molecule has 0 aliphatic rings. The first kappa shape index (κ1) is 20.7. The van der Waals surface area contributed by atoms with E-state index in [1.54, 1.807) is 12.1 Å². The molecular formula is C22H20Cl3NO2. The van der Waals surface area contributed by atoms with Gasteiger partial charge in [0, 0.05) is 27.7 Å². The van der Waals surface area contributed by atoms with Crippen LogP contribution in [0, 0.1) is 0 Å². The molecule has 0 aliphatic carbocycles. The predicted octanol–water partition coefficient (Wildman–Crippen LogP) is 7.24. The molecule has 3 aromatic rings. The van der Waals surface area contributed by atoms with Gasteiger partial charge >= 0.3 is 0 Å². The summed E-state index contributed by atoms with van der Waals surface area (Å²) in [5.41, 5.74) is 2.66. The molecule has 0 heterocycles. The van der Waals surface area contributed by atoms with E-state index < -0.39 is 0 Å². The molecule has 1 N–H and O–H groups in total. The fourth-order valence-electron chi connectivity index (χ4n) is 2.72. The maximum absolute atomic E-state index is 6.26. The minimum absolute atomic E-state index is 0.346. The van der Waals surface area contributed by atoms with Gasteiger partial charge in [0.25, 0.3) is 0 Å². The second kappa shape index (κ2) is 9.92. The molecule has 3 nitrogen and oxygen atoms in total. The Labute approximate surface area is 180 Å². The van der Waals surface area contributed by atoms with Crippen molar-refractivity contribution >= 4 is 40.5 Å². The van der Waals surface area contributed by atoms with E-state index in [2.05, 4.69) is 5.32 Å². The Morgan fingerprint density at radius 3 is 2.36 bits per heavy atom. The summed E-state index contributed by atoms with van der Waals surface area (Å²) in [5.74, 6) is 1.37. The third-order valence-electron chi connectivity index (χ3n) is 4.09. The number of ether oxygens (including phenoxy) is 2. The number of hydrogen-bond acceptors (Lipinski definition) is 3. The Balaban J connectivity index is 1.81. The van der Waals surface area contributed by atoms with Crippen molar-refractivity contribution in [2.24, 2.45) is 0 Å². The Morgan fingerprint density at radius 2 is 1.61 bits per heavy atom. The van der Waals surface area contributed by atoms with Crippen molar-refractivity contribution < 1.29 is 9.47 Å². The Bertz CT molecular complexity index is 947. The molecule has 0 saturated carbocycles. The van der Waals surface area contributed by atoms with Gasteiger partial charge < -0.3 is 14.8 Å². The maximum Gasteiger partial charge on any atom is 0.166 e. The monoisotopic (exact) mass is 435 g/mol. The summed E-state index contributed by atoms with van der Waals surface area (Å²) in [4.78, 5) is 0. The van der Waals surface area contributed by atoms with E-state index in [1.807, 2.05) is 55.5 Å². The fourth-order valence-corrected chi connectivity index (χ4v) is 3.39. The third-order valence-corrected chi connectivity index (χ3v) is 5.01. The first-order chi connectivity index (χ1) is 13.6. The van der Waals surface area contributed by atoms with Crippen LogP contribution in [-0.2, 0) is 13.2 Å². The maximum atomic E-state index is 6.26. The van der Waals surface area contributed by atoms with Crippen molar-refractivity contribution in [2.45, 2.75) is 20.1 Å². The molecule has 28 heavy (non-hydrogen) atoms. The van der Waals surface area contributed by atoms with Gasteiger partial charge in [0.2, 0.25) is 0 Å². The highest BCUT2D eigenvalue weighted by atomic mass is 35.5. The summed E-state index contributed by atoms with van der Waals surface area (Å²) >= 11 is 18.5. The molecule has 0 saturated heterocycles. The molecule has 0 spiro atoms. The Morgan fingerprint density at radius 1 is 0.821 bits per heavy atom. The number of benzene rings is 3. The van der Waals surface area contributed by atoms with Crippen LogP contribution in [0.1, 0.15) is 18.1 Å². The standard InChI is InChI=1S/C22H20Cl3NO2/c1-2-27-21-9-5-7-15(13-26-20-11-10-17(23)12-19(20)25)22(21)28-14-16-6-3-4-8-18(16)24/h3-12,26H,2,13-14H2,1H3. The lowest BCUT2D eigenvalue weighted by molar-refractivity contribution is 0.267. The second-order valence-corrected chi connectivity index (χ2v) is 7.29. The highest BCUT2D eigenvalue weighted by molar-refractivity contribution is 6.36. The lowest BCUT2D eigenvalue weighted by atomic mass is 10.1. The van der Waals surface area contributed by atoms with Crippen molar-refractivity contribution in [3.63, 3.8) is 0 Å². The molecule has 3 rings (SSSR count). The van der Waals surface area contributed by atoms with E-state index >= 15 is 0 Å². The van der Waals surface area contributed by atoms with Gasteiger partial charge in [-0.1, -0.05) is 65.1 Å². The van der Waals surface area contributed by atoms with Gasteiger partial charge in [-0.15, -0.1) is 0 Å². The number of rotatable bonds is 8. The summed E-state index contributed by atoms with van der Waals surface area (Å²) in [6, 6.07) is 18.8. The molecule has 0 unspecified atom stereocenters. The van der Waals surface area contributed by atoms with Crippen LogP contribution in [0.25, 0.3) is 0 Å². The molecule has 0 radical (unpaired) electrons. The summed E-state index contributed by atoms with van der Waals surface area (Å²) < 4.78 is 11.9. The fraction of sp³-hybridized carbons (Fsp3) is 0.182. The minimum Gasteiger partial charge on any atom is -0.490 e. The average molecular weight is 437 g/mol. The Kier molecular flexibility index (Phi) is 7.32. The number of nitrogens with one attached hydrogen (secondary N) is 1. The highest BCUT2D eigenvalue weighted by Gasteiger charge is 2.13. The van der Waals surface area contributed by atoms with Gasteiger partial charge in [0.1, 0.15) is 6.61 Å². The van der Waals surface area contributed by atoms with Crippen molar-refractivity contribution in [2.75, 3.05) is 11.9 Å². The molecular weight excluding hydrogens is 417 g/mol. The van der Waals surface area contributed by atoms with Crippen LogP contribution in [0.3, 0.4) is 0 Å². The summed E-state index contributed by atoms with van der Waals surface area (Å²) in [5, 5.41) is 5.15. The van der Waals surface area contributed by atoms with Gasteiger partial charge in [-0.25, -0.2) is 0 Å². The van der Waals surface area contributed by atoms with E-state index in [0.29, 0.717) is 46.3 Å². The van der Waals surface area contributed by atoms with E-state index in [9.17, 15) is 0 Å². The molecule has 0 atom stereocenters. The zero-order valence-electron chi connectivity index (χ0n) is 15.3. The van der Waals surface area contributed by atoms with Crippen molar-refractivity contribution in [3.8, 4) is 11.5 Å². The zero-order valence-corrected chi connectivity index (χ0v) is 17.6. The van der Waals surface area contributed by atoms with Crippen molar-refractivity contribution in [1.29, 1.82) is 0 Å². The molecule has 6 heteroatoms. The number of hydrogen-bond donors (Lipinski definition) is 1. The zero-order chi connectivity index (χ0) is 19.9. The molecule has 146 valence electrons. The average Bonchev–Trinajstić information content (AvgIpc) is 2.68. The van der Waals surface area contributed by atoms with Crippen LogP contribution in [0.2, 0.25) is 15.1 Å². The van der Waals surface area contributed by atoms with Gasteiger partial charge in [0.15, 0.2) is 11.5 Å². The third kappa shape index (κ3) is 5.26. The minimum atomic E-state index is 0.346. The molecule has 0 bridgehead atoms. The quantitative estimate of drug-likeness (QED) is 0.404. The summed E-state index contributed by atoms with van der Waals surface area (Å²) in [6.45, 7) is 3.34. The normalized spacial score (nSPS) is 10.6. The lowest BCUT2D eigenvalue weighted by Crippen LogP contribution is -2.06. The van der Waals surface area contributed by atoms with Crippen molar-refractivity contribution in [3.05, 3.63) is 86.9 Å². The van der Waals surface area contributed by atoms with Crippen LogP contribution in [0.5, 0.6) is 11.5 Å². The summed E-state index contributed by atoms with van der Waals surface area (Å²) in [7, 11) is 0. The van der Waals surface area contributed by atoms with E-state index in [4.69, 9.17) is 44.3 Å². The van der Waals surface area contributed by atoms with E-state index in [0.717, 1.165) is 16.8 Å². The largest absolute Gasteiger partial charge is 0.490 e. The smallest absolute Gasteiger partial charge is 0.166 e. The van der Waals surface area contributed by atoms with Gasteiger partial charge in [-0.05, 0) is 37.3 Å². The predicted molar refractivity (Wildman–Crippen MR) is 117 cm³/mol. The molecule has 0 aromatic heterocycles. The van der Waals surface area contributed by atoms with Gasteiger partial charge in [-0.3, -0.25) is 0 Å². The Hall–Kier alpha value is -2.07. The molecule has 0 amide bonds. The molecule has 3 aromatic carbocycles. The topological polar surface area (TPSA) is 30.5 Å². The van der Waals surface area contributed by atoms with Crippen molar-refractivity contribution in [1.82, 2.24) is 0 Å². The SMILES string of the molecule is CCOc1cccc(CNc2ccc(Cl)cc2Cl)c1OCc1ccccc1Cl. The van der Waals surface area contributed by atoms with Crippen LogP contribution in [-0.4, -0.2) is 6.61 Å². The number of halogens is 3. The lowest BCUT2D eigenvalue weighted by Gasteiger charge is -2.17. The van der Waals surface area contributed by atoms with Crippen LogP contribution in [0.4, 0.5) is 5.69 Å². The molecule has 0 aliphatic heterocycles. The first-order valence-corrected chi connectivity index (χ1v) is 10.0. The van der Waals surface area contributed by atoms with E-state index in [-0.39, 0.29) is 0 Å². The highest BCUT2D eigenvalue weighted by Crippen LogP contribution is 2.34. The molecule has 0 fully saturated rings. The van der Waals surface area contributed by atoms with E-state index in [1.165, 1.54) is 0 Å². The first-order valence-electron chi connectivity index (χ1n) is 8.88. The number of anilines is 1.